The van der Waals surface area contributed by atoms with Gasteiger partial charge in [-0.3, -0.25) is 0 Å². The van der Waals surface area contributed by atoms with Crippen LogP contribution in [-0.2, 0) is 19.4 Å². The van der Waals surface area contributed by atoms with Crippen LogP contribution in [0.2, 0.25) is 0 Å². The normalized spacial score (nSPS) is 16.8. The Balaban J connectivity index is 1.75. The molecule has 0 fully saturated rings. The summed E-state index contributed by atoms with van der Waals surface area (Å²) in [6, 6.07) is 10.9. The molecule has 2 aromatic rings. The van der Waals surface area contributed by atoms with Crippen LogP contribution in [0.1, 0.15) is 23.6 Å². The van der Waals surface area contributed by atoms with E-state index in [4.69, 9.17) is 15.2 Å². The Morgan fingerprint density at radius 3 is 3.00 bits per heavy atom. The fourth-order valence-electron chi connectivity index (χ4n) is 2.72. The van der Waals surface area contributed by atoms with Gasteiger partial charge < -0.3 is 15.2 Å². The number of hydrogen-bond donors (Lipinski definition) is 1. The summed E-state index contributed by atoms with van der Waals surface area (Å²) in [5.41, 5.74) is 8.55. The lowest BCUT2D eigenvalue weighted by Gasteiger charge is -2.23. The number of halogens is 1. The fraction of sp³-hybridized carbons (Fsp3) is 0.333. The van der Waals surface area contributed by atoms with Crippen molar-refractivity contribution in [3.8, 4) is 11.5 Å². The molecule has 1 atom stereocenters. The second kappa shape index (κ2) is 6.36. The molecular weight excluding hydrogens is 281 g/mol. The molecule has 0 aromatic heterocycles. The van der Waals surface area contributed by atoms with Gasteiger partial charge in [0, 0.05) is 17.7 Å². The number of benzene rings is 2. The van der Waals surface area contributed by atoms with Crippen molar-refractivity contribution in [1.29, 1.82) is 0 Å². The monoisotopic (exact) mass is 301 g/mol. The van der Waals surface area contributed by atoms with E-state index in [-0.39, 0.29) is 18.5 Å². The standard InChI is InChI=1S/C18H20FNO2/c1-2-12-4-3-5-17(19)16(12)11-21-15-7-6-13-8-14(20)10-22-18(13)9-15/h3-7,9,14H,2,8,10-11,20H2,1H3. The third kappa shape index (κ3) is 3.07. The van der Waals surface area contributed by atoms with Crippen molar-refractivity contribution in [3.05, 3.63) is 58.9 Å². The highest BCUT2D eigenvalue weighted by Crippen LogP contribution is 2.29. The Labute approximate surface area is 129 Å². The van der Waals surface area contributed by atoms with Crippen LogP contribution < -0.4 is 15.2 Å². The van der Waals surface area contributed by atoms with E-state index >= 15 is 0 Å². The second-order valence-corrected chi connectivity index (χ2v) is 5.56. The van der Waals surface area contributed by atoms with Crippen molar-refractivity contribution in [2.45, 2.75) is 32.4 Å². The SMILES string of the molecule is CCc1cccc(F)c1COc1ccc2c(c1)OCC(N)C2. The smallest absolute Gasteiger partial charge is 0.130 e. The summed E-state index contributed by atoms with van der Waals surface area (Å²) in [5, 5.41) is 0. The Bertz CT molecular complexity index is 672. The molecular formula is C18H20FNO2. The number of fused-ring (bicyclic) bond motifs is 1. The van der Waals surface area contributed by atoms with Gasteiger partial charge in [0.15, 0.2) is 0 Å². The van der Waals surface area contributed by atoms with Gasteiger partial charge in [0.25, 0.3) is 0 Å². The molecule has 0 spiro atoms. The maximum Gasteiger partial charge on any atom is 0.130 e. The van der Waals surface area contributed by atoms with Gasteiger partial charge in [0.05, 0.1) is 0 Å². The van der Waals surface area contributed by atoms with Crippen LogP contribution in [0.25, 0.3) is 0 Å². The molecule has 3 rings (SSSR count). The lowest BCUT2D eigenvalue weighted by Crippen LogP contribution is -2.33. The van der Waals surface area contributed by atoms with E-state index in [1.807, 2.05) is 31.2 Å². The topological polar surface area (TPSA) is 44.5 Å². The van der Waals surface area contributed by atoms with Crippen LogP contribution in [0.5, 0.6) is 11.5 Å². The van der Waals surface area contributed by atoms with Crippen molar-refractivity contribution in [2.75, 3.05) is 6.61 Å². The molecule has 1 heterocycles. The molecule has 0 radical (unpaired) electrons. The highest BCUT2D eigenvalue weighted by molar-refractivity contribution is 5.42. The third-order valence-corrected chi connectivity index (χ3v) is 3.95. The summed E-state index contributed by atoms with van der Waals surface area (Å²) in [6.45, 7) is 2.74. The first-order valence-corrected chi connectivity index (χ1v) is 7.57. The predicted molar refractivity (Wildman–Crippen MR) is 83.7 cm³/mol. The summed E-state index contributed by atoms with van der Waals surface area (Å²) in [5.74, 6) is 1.27. The first kappa shape index (κ1) is 14.9. The molecule has 1 aliphatic rings. The molecule has 4 heteroatoms. The Hall–Kier alpha value is -2.07. The lowest BCUT2D eigenvalue weighted by molar-refractivity contribution is 0.257. The minimum absolute atomic E-state index is 0.0461. The van der Waals surface area contributed by atoms with E-state index in [2.05, 4.69) is 0 Å². The van der Waals surface area contributed by atoms with Crippen LogP contribution in [0.15, 0.2) is 36.4 Å². The van der Waals surface area contributed by atoms with Gasteiger partial charge in [0.1, 0.15) is 30.5 Å². The van der Waals surface area contributed by atoms with Gasteiger partial charge in [-0.05, 0) is 36.1 Å². The highest BCUT2D eigenvalue weighted by Gasteiger charge is 2.17. The van der Waals surface area contributed by atoms with Crippen molar-refractivity contribution >= 4 is 0 Å². The summed E-state index contributed by atoms with van der Waals surface area (Å²) in [6.07, 6.45) is 1.59. The van der Waals surface area contributed by atoms with E-state index in [0.29, 0.717) is 17.9 Å². The molecule has 2 aromatic carbocycles. The number of ether oxygens (including phenoxy) is 2. The van der Waals surface area contributed by atoms with Gasteiger partial charge in [-0.15, -0.1) is 0 Å². The first-order valence-electron chi connectivity index (χ1n) is 7.57. The van der Waals surface area contributed by atoms with Crippen LogP contribution >= 0.6 is 0 Å². The zero-order valence-corrected chi connectivity index (χ0v) is 12.6. The largest absolute Gasteiger partial charge is 0.492 e. The van der Waals surface area contributed by atoms with Gasteiger partial charge in [-0.2, -0.15) is 0 Å². The van der Waals surface area contributed by atoms with E-state index < -0.39 is 0 Å². The zero-order valence-electron chi connectivity index (χ0n) is 12.6. The summed E-state index contributed by atoms with van der Waals surface area (Å²) >= 11 is 0. The molecule has 116 valence electrons. The molecule has 0 aliphatic carbocycles. The summed E-state index contributed by atoms with van der Waals surface area (Å²) < 4.78 is 25.3. The Morgan fingerprint density at radius 2 is 2.18 bits per heavy atom. The Morgan fingerprint density at radius 1 is 1.32 bits per heavy atom. The number of rotatable bonds is 4. The van der Waals surface area contributed by atoms with Crippen molar-refractivity contribution < 1.29 is 13.9 Å². The predicted octanol–water partition coefficient (Wildman–Crippen LogP) is 3.23. The van der Waals surface area contributed by atoms with Gasteiger partial charge in [0.2, 0.25) is 0 Å². The van der Waals surface area contributed by atoms with Gasteiger partial charge >= 0.3 is 0 Å². The minimum Gasteiger partial charge on any atom is -0.492 e. The highest BCUT2D eigenvalue weighted by atomic mass is 19.1. The van der Waals surface area contributed by atoms with Crippen LogP contribution in [0.4, 0.5) is 4.39 Å². The molecule has 22 heavy (non-hydrogen) atoms. The minimum atomic E-state index is -0.223. The van der Waals surface area contributed by atoms with E-state index in [1.54, 1.807) is 6.07 Å². The molecule has 1 unspecified atom stereocenters. The quantitative estimate of drug-likeness (QED) is 0.943. The van der Waals surface area contributed by atoms with Crippen LogP contribution in [-0.4, -0.2) is 12.6 Å². The van der Waals surface area contributed by atoms with Gasteiger partial charge in [-0.25, -0.2) is 4.39 Å². The fourth-order valence-corrected chi connectivity index (χ4v) is 2.72. The van der Waals surface area contributed by atoms with E-state index in [9.17, 15) is 4.39 Å². The first-order chi connectivity index (χ1) is 10.7. The molecule has 3 nitrogen and oxygen atoms in total. The molecule has 2 N–H and O–H groups in total. The van der Waals surface area contributed by atoms with Gasteiger partial charge in [-0.1, -0.05) is 25.1 Å². The summed E-state index contributed by atoms with van der Waals surface area (Å²) in [7, 11) is 0. The van der Waals surface area contributed by atoms with E-state index in [1.165, 1.54) is 6.07 Å². The molecule has 0 amide bonds. The maximum absolute atomic E-state index is 13.9. The number of hydrogen-bond acceptors (Lipinski definition) is 3. The zero-order chi connectivity index (χ0) is 15.5. The number of nitrogens with two attached hydrogens (primary N) is 1. The molecule has 0 saturated heterocycles. The molecule has 0 saturated carbocycles. The lowest BCUT2D eigenvalue weighted by atomic mass is 10.0. The van der Waals surface area contributed by atoms with Crippen LogP contribution in [0, 0.1) is 5.82 Å². The van der Waals surface area contributed by atoms with Crippen molar-refractivity contribution in [1.82, 2.24) is 0 Å². The van der Waals surface area contributed by atoms with Crippen LogP contribution in [0.3, 0.4) is 0 Å². The van der Waals surface area contributed by atoms with E-state index in [0.717, 1.165) is 29.7 Å². The molecule has 0 bridgehead atoms. The third-order valence-electron chi connectivity index (χ3n) is 3.95. The summed E-state index contributed by atoms with van der Waals surface area (Å²) in [4.78, 5) is 0. The average Bonchev–Trinajstić information content (AvgIpc) is 2.53. The maximum atomic E-state index is 13.9. The number of aryl methyl sites for hydroxylation is 1. The van der Waals surface area contributed by atoms with Crippen molar-refractivity contribution in [3.63, 3.8) is 0 Å². The molecule has 1 aliphatic heterocycles. The second-order valence-electron chi connectivity index (χ2n) is 5.56. The van der Waals surface area contributed by atoms with Crippen molar-refractivity contribution in [2.24, 2.45) is 5.73 Å². The average molecular weight is 301 g/mol. The Kier molecular flexibility index (Phi) is 4.29.